The fourth-order valence-electron chi connectivity index (χ4n) is 3.24. The third-order valence-corrected chi connectivity index (χ3v) is 4.49. The average Bonchev–Trinajstić information content (AvgIpc) is 2.91. The van der Waals surface area contributed by atoms with Crippen LogP contribution in [-0.2, 0) is 0 Å². The van der Waals surface area contributed by atoms with Crippen molar-refractivity contribution in [2.24, 2.45) is 0 Å². The Bertz CT molecular complexity index is 769. The largest absolute Gasteiger partial charge is 0.381 e. The maximum atomic E-state index is 4.12. The number of nitrogens with one attached hydrogen (secondary N) is 2. The van der Waals surface area contributed by atoms with Gasteiger partial charge in [0.1, 0.15) is 0 Å². The average molecular weight is 277 g/mol. The Kier molecular flexibility index (Phi) is 2.92. The number of H-pyrrole nitrogens is 1. The van der Waals surface area contributed by atoms with E-state index in [2.05, 4.69) is 64.9 Å². The second kappa shape index (κ2) is 4.92. The summed E-state index contributed by atoms with van der Waals surface area (Å²) in [7, 11) is 0. The number of aryl methyl sites for hydroxylation is 1. The molecule has 0 amide bonds. The Labute approximate surface area is 124 Å². The summed E-state index contributed by atoms with van der Waals surface area (Å²) < 4.78 is 0. The molecule has 106 valence electrons. The van der Waals surface area contributed by atoms with Crippen LogP contribution in [0.1, 0.15) is 29.9 Å². The summed E-state index contributed by atoms with van der Waals surface area (Å²) in [6.45, 7) is 2.16. The molecule has 0 aliphatic heterocycles. The van der Waals surface area contributed by atoms with Crippen molar-refractivity contribution >= 4 is 16.6 Å². The summed E-state index contributed by atoms with van der Waals surface area (Å²) in [6.07, 6.45) is 4.28. The SMILES string of the molecule is Cc1cccc(C2CC(Nc3cccc4cn[nH]c34)C2)c1. The molecule has 0 bridgehead atoms. The summed E-state index contributed by atoms with van der Waals surface area (Å²) in [5.41, 5.74) is 5.10. The molecule has 3 heteroatoms. The van der Waals surface area contributed by atoms with Crippen molar-refractivity contribution in [3.8, 4) is 0 Å². The van der Waals surface area contributed by atoms with E-state index in [4.69, 9.17) is 0 Å². The van der Waals surface area contributed by atoms with Gasteiger partial charge in [0.2, 0.25) is 0 Å². The van der Waals surface area contributed by atoms with Gasteiger partial charge in [0, 0.05) is 11.4 Å². The van der Waals surface area contributed by atoms with Gasteiger partial charge in [-0.3, -0.25) is 5.10 Å². The Morgan fingerprint density at radius 2 is 2.00 bits per heavy atom. The van der Waals surface area contributed by atoms with E-state index in [1.54, 1.807) is 0 Å². The van der Waals surface area contributed by atoms with Crippen LogP contribution in [0.15, 0.2) is 48.7 Å². The van der Waals surface area contributed by atoms with Crippen molar-refractivity contribution in [1.29, 1.82) is 0 Å². The molecule has 1 fully saturated rings. The van der Waals surface area contributed by atoms with Gasteiger partial charge in [-0.2, -0.15) is 5.10 Å². The standard InChI is InChI=1S/C18H19N3/c1-12-4-2-5-13(8-12)15-9-16(10-15)20-17-7-3-6-14-11-19-21-18(14)17/h2-8,11,15-16,20H,9-10H2,1H3,(H,19,21). The van der Waals surface area contributed by atoms with Crippen molar-refractivity contribution in [1.82, 2.24) is 10.2 Å². The van der Waals surface area contributed by atoms with Gasteiger partial charge in [-0.05, 0) is 37.3 Å². The lowest BCUT2D eigenvalue weighted by Gasteiger charge is -2.37. The molecule has 0 unspecified atom stereocenters. The summed E-state index contributed by atoms with van der Waals surface area (Å²) in [4.78, 5) is 0. The number of benzene rings is 2. The fourth-order valence-corrected chi connectivity index (χ4v) is 3.24. The molecule has 1 aliphatic rings. The molecule has 1 aliphatic carbocycles. The minimum atomic E-state index is 0.560. The van der Waals surface area contributed by atoms with E-state index in [1.165, 1.54) is 24.0 Å². The van der Waals surface area contributed by atoms with Crippen LogP contribution >= 0.6 is 0 Å². The van der Waals surface area contributed by atoms with Crippen LogP contribution in [0, 0.1) is 6.92 Å². The predicted molar refractivity (Wildman–Crippen MR) is 86.7 cm³/mol. The molecular weight excluding hydrogens is 258 g/mol. The van der Waals surface area contributed by atoms with Gasteiger partial charge in [-0.15, -0.1) is 0 Å². The van der Waals surface area contributed by atoms with E-state index < -0.39 is 0 Å². The zero-order valence-electron chi connectivity index (χ0n) is 12.1. The molecule has 0 saturated heterocycles. The van der Waals surface area contributed by atoms with Crippen molar-refractivity contribution in [2.75, 3.05) is 5.32 Å². The van der Waals surface area contributed by atoms with E-state index in [-0.39, 0.29) is 0 Å². The highest BCUT2D eigenvalue weighted by Gasteiger charge is 2.30. The van der Waals surface area contributed by atoms with Gasteiger partial charge in [-0.25, -0.2) is 0 Å². The van der Waals surface area contributed by atoms with E-state index in [9.17, 15) is 0 Å². The van der Waals surface area contributed by atoms with E-state index in [0.29, 0.717) is 12.0 Å². The van der Waals surface area contributed by atoms with Crippen molar-refractivity contribution < 1.29 is 0 Å². The second-order valence-electron chi connectivity index (χ2n) is 6.06. The number of aromatic amines is 1. The first kappa shape index (κ1) is 12.5. The molecule has 3 aromatic rings. The molecule has 0 radical (unpaired) electrons. The molecule has 1 aromatic heterocycles. The molecule has 0 atom stereocenters. The van der Waals surface area contributed by atoms with Gasteiger partial charge < -0.3 is 5.32 Å². The molecule has 0 spiro atoms. The third kappa shape index (κ3) is 2.29. The van der Waals surface area contributed by atoms with Crippen LogP contribution in [0.3, 0.4) is 0 Å². The molecule has 4 rings (SSSR count). The first-order valence-corrected chi connectivity index (χ1v) is 7.55. The van der Waals surface area contributed by atoms with Gasteiger partial charge >= 0.3 is 0 Å². The Balaban J connectivity index is 1.46. The van der Waals surface area contributed by atoms with Gasteiger partial charge in [0.25, 0.3) is 0 Å². The summed E-state index contributed by atoms with van der Waals surface area (Å²) in [5.74, 6) is 0.698. The van der Waals surface area contributed by atoms with E-state index >= 15 is 0 Å². The number of nitrogens with zero attached hydrogens (tertiary/aromatic N) is 1. The number of rotatable bonds is 3. The van der Waals surface area contributed by atoms with E-state index in [1.807, 2.05) is 6.20 Å². The number of hydrogen-bond acceptors (Lipinski definition) is 2. The highest BCUT2D eigenvalue weighted by atomic mass is 15.1. The minimum absolute atomic E-state index is 0.560. The van der Waals surface area contributed by atoms with Crippen LogP contribution < -0.4 is 5.32 Å². The lowest BCUT2D eigenvalue weighted by molar-refractivity contribution is 0.374. The number of anilines is 1. The van der Waals surface area contributed by atoms with Crippen LogP contribution in [0.2, 0.25) is 0 Å². The molecule has 3 nitrogen and oxygen atoms in total. The quantitative estimate of drug-likeness (QED) is 0.752. The van der Waals surface area contributed by atoms with Crippen molar-refractivity contribution in [2.45, 2.75) is 31.7 Å². The number of hydrogen-bond donors (Lipinski definition) is 2. The normalized spacial score (nSPS) is 21.2. The third-order valence-electron chi connectivity index (χ3n) is 4.49. The lowest BCUT2D eigenvalue weighted by atomic mass is 9.75. The number of para-hydroxylation sites is 1. The maximum Gasteiger partial charge on any atom is 0.0881 e. The lowest BCUT2D eigenvalue weighted by Crippen LogP contribution is -2.34. The molecular formula is C18H19N3. The van der Waals surface area contributed by atoms with Gasteiger partial charge in [-0.1, -0.05) is 42.0 Å². The zero-order chi connectivity index (χ0) is 14.2. The Morgan fingerprint density at radius 1 is 1.14 bits per heavy atom. The van der Waals surface area contributed by atoms with E-state index in [0.717, 1.165) is 16.6 Å². The highest BCUT2D eigenvalue weighted by Crippen LogP contribution is 2.39. The summed E-state index contributed by atoms with van der Waals surface area (Å²) >= 11 is 0. The molecule has 21 heavy (non-hydrogen) atoms. The monoisotopic (exact) mass is 277 g/mol. The molecule has 1 saturated carbocycles. The number of aromatic nitrogens is 2. The zero-order valence-corrected chi connectivity index (χ0v) is 12.1. The maximum absolute atomic E-state index is 4.12. The molecule has 2 N–H and O–H groups in total. The fraction of sp³-hybridized carbons (Fsp3) is 0.278. The molecule has 2 aromatic carbocycles. The summed E-state index contributed by atoms with van der Waals surface area (Å²) in [6, 6.07) is 15.7. The minimum Gasteiger partial charge on any atom is -0.381 e. The smallest absolute Gasteiger partial charge is 0.0881 e. The van der Waals surface area contributed by atoms with Crippen LogP contribution in [0.4, 0.5) is 5.69 Å². The molecule has 1 heterocycles. The topological polar surface area (TPSA) is 40.7 Å². The van der Waals surface area contributed by atoms with Crippen molar-refractivity contribution in [3.63, 3.8) is 0 Å². The van der Waals surface area contributed by atoms with Crippen LogP contribution in [0.5, 0.6) is 0 Å². The Morgan fingerprint density at radius 3 is 2.86 bits per heavy atom. The van der Waals surface area contributed by atoms with Crippen molar-refractivity contribution in [3.05, 3.63) is 59.8 Å². The first-order chi connectivity index (χ1) is 10.3. The number of fused-ring (bicyclic) bond motifs is 1. The highest BCUT2D eigenvalue weighted by molar-refractivity contribution is 5.90. The first-order valence-electron chi connectivity index (χ1n) is 7.55. The van der Waals surface area contributed by atoms with Crippen LogP contribution in [0.25, 0.3) is 10.9 Å². The predicted octanol–water partition coefficient (Wildman–Crippen LogP) is 4.23. The summed E-state index contributed by atoms with van der Waals surface area (Å²) in [5, 5.41) is 12.0. The Hall–Kier alpha value is -2.29. The van der Waals surface area contributed by atoms with Gasteiger partial charge in [0.05, 0.1) is 17.4 Å². The van der Waals surface area contributed by atoms with Crippen LogP contribution in [-0.4, -0.2) is 16.2 Å². The second-order valence-corrected chi connectivity index (χ2v) is 6.06. The van der Waals surface area contributed by atoms with Gasteiger partial charge in [0.15, 0.2) is 0 Å².